The lowest BCUT2D eigenvalue weighted by Gasteiger charge is -2.35. The molecule has 1 saturated heterocycles. The van der Waals surface area contributed by atoms with Gasteiger partial charge in [-0.3, -0.25) is 9.69 Å². The van der Waals surface area contributed by atoms with Gasteiger partial charge in [0.25, 0.3) is 5.91 Å². The van der Waals surface area contributed by atoms with Gasteiger partial charge in [0.1, 0.15) is 0 Å². The number of nitrogens with one attached hydrogen (secondary N) is 1. The second kappa shape index (κ2) is 7.53. The summed E-state index contributed by atoms with van der Waals surface area (Å²) in [6.45, 7) is 0.699. The van der Waals surface area contributed by atoms with Crippen molar-refractivity contribution in [2.75, 3.05) is 13.6 Å². The van der Waals surface area contributed by atoms with Crippen molar-refractivity contribution >= 4 is 16.8 Å². The molecule has 0 saturated carbocycles. The van der Waals surface area contributed by atoms with Crippen LogP contribution < -0.4 is 0 Å². The van der Waals surface area contributed by atoms with Crippen LogP contribution in [0.15, 0.2) is 72.6 Å². The Kier molecular flexibility index (Phi) is 4.72. The van der Waals surface area contributed by atoms with Crippen LogP contribution in [0, 0.1) is 0 Å². The number of likely N-dealkylation sites (N-methyl/N-ethyl adjacent to an activating group) is 1. The second-order valence-electron chi connectivity index (χ2n) is 8.26. The molecule has 1 amide bonds. The Labute approximate surface area is 171 Å². The van der Waals surface area contributed by atoms with Gasteiger partial charge in [0.2, 0.25) is 0 Å². The number of hydrogen-bond donors (Lipinski definition) is 1. The average Bonchev–Trinajstić information content (AvgIpc) is 3.24. The number of aromatic nitrogens is 1. The zero-order chi connectivity index (χ0) is 19.8. The maximum Gasteiger partial charge on any atom is 0.258 e. The lowest BCUT2D eigenvalue weighted by molar-refractivity contribution is 0.0788. The van der Waals surface area contributed by atoms with Gasteiger partial charge in [-0.15, -0.1) is 0 Å². The van der Waals surface area contributed by atoms with Crippen LogP contribution in [-0.4, -0.2) is 46.4 Å². The fraction of sp³-hybridized carbons (Fsp3) is 0.320. The highest BCUT2D eigenvalue weighted by atomic mass is 16.2. The van der Waals surface area contributed by atoms with Gasteiger partial charge >= 0.3 is 0 Å². The summed E-state index contributed by atoms with van der Waals surface area (Å²) in [7, 11) is 2.21. The van der Waals surface area contributed by atoms with E-state index in [-0.39, 0.29) is 5.91 Å². The highest BCUT2D eigenvalue weighted by Crippen LogP contribution is 2.35. The van der Waals surface area contributed by atoms with Gasteiger partial charge in [0, 0.05) is 53.4 Å². The molecule has 29 heavy (non-hydrogen) atoms. The molecular weight excluding hydrogens is 358 g/mol. The smallest absolute Gasteiger partial charge is 0.258 e. The highest BCUT2D eigenvalue weighted by molar-refractivity contribution is 5.95. The zero-order valence-electron chi connectivity index (χ0n) is 16.8. The number of aromatic amines is 1. The van der Waals surface area contributed by atoms with E-state index < -0.39 is 0 Å². The predicted molar refractivity (Wildman–Crippen MR) is 117 cm³/mol. The van der Waals surface area contributed by atoms with Gasteiger partial charge < -0.3 is 9.88 Å². The lowest BCUT2D eigenvalue weighted by atomic mass is 10.0. The van der Waals surface area contributed by atoms with Crippen LogP contribution in [0.5, 0.6) is 0 Å². The Morgan fingerprint density at radius 3 is 2.72 bits per heavy atom. The van der Waals surface area contributed by atoms with Crippen molar-refractivity contribution in [3.63, 3.8) is 0 Å². The minimum atomic E-state index is 0.112. The SMILES string of the molecule is CN1[C@@H]2CC[C@@H]1C=C(N(CCc1c[nH]c3ccccc13)C(=O)c1ccccc1)C2. The van der Waals surface area contributed by atoms with Crippen molar-refractivity contribution in [2.24, 2.45) is 0 Å². The van der Waals surface area contributed by atoms with Crippen molar-refractivity contribution in [1.29, 1.82) is 0 Å². The Morgan fingerprint density at radius 1 is 1.10 bits per heavy atom. The summed E-state index contributed by atoms with van der Waals surface area (Å²) in [6.07, 6.45) is 8.63. The van der Waals surface area contributed by atoms with Crippen molar-refractivity contribution in [1.82, 2.24) is 14.8 Å². The maximum atomic E-state index is 13.4. The van der Waals surface area contributed by atoms with E-state index >= 15 is 0 Å². The molecule has 2 aliphatic heterocycles. The number of carbonyl (C=O) groups is 1. The van der Waals surface area contributed by atoms with Crippen molar-refractivity contribution < 1.29 is 4.79 Å². The number of amides is 1. The first-order valence-electron chi connectivity index (χ1n) is 10.6. The average molecular weight is 386 g/mol. The molecule has 148 valence electrons. The summed E-state index contributed by atoms with van der Waals surface area (Å²) in [5.41, 5.74) is 4.38. The topological polar surface area (TPSA) is 39.3 Å². The Bertz CT molecular complexity index is 1050. The monoisotopic (exact) mass is 385 g/mol. The first kappa shape index (κ1) is 18.2. The number of rotatable bonds is 5. The molecule has 3 aromatic rings. The van der Waals surface area contributed by atoms with Crippen LogP contribution in [-0.2, 0) is 6.42 Å². The molecule has 4 heteroatoms. The first-order chi connectivity index (χ1) is 14.2. The van der Waals surface area contributed by atoms with Crippen LogP contribution in [0.1, 0.15) is 35.2 Å². The summed E-state index contributed by atoms with van der Waals surface area (Å²) >= 11 is 0. The van der Waals surface area contributed by atoms with E-state index in [1.165, 1.54) is 29.5 Å². The third-order valence-corrected chi connectivity index (χ3v) is 6.62. The number of benzene rings is 2. The van der Waals surface area contributed by atoms with Crippen LogP contribution in [0.25, 0.3) is 10.9 Å². The van der Waals surface area contributed by atoms with E-state index in [1.54, 1.807) is 0 Å². The van der Waals surface area contributed by atoms with Crippen molar-refractivity contribution in [3.05, 3.63) is 83.7 Å². The van der Waals surface area contributed by atoms with Crippen LogP contribution in [0.3, 0.4) is 0 Å². The minimum absolute atomic E-state index is 0.112. The molecule has 2 atom stereocenters. The number of para-hydroxylation sites is 1. The third-order valence-electron chi connectivity index (χ3n) is 6.62. The molecule has 1 aromatic heterocycles. The molecule has 0 unspecified atom stereocenters. The number of nitrogens with zero attached hydrogens (tertiary/aromatic N) is 2. The molecule has 2 bridgehead atoms. The van der Waals surface area contributed by atoms with Crippen molar-refractivity contribution in [2.45, 2.75) is 37.8 Å². The fourth-order valence-electron chi connectivity index (χ4n) is 4.90. The van der Waals surface area contributed by atoms with E-state index in [4.69, 9.17) is 0 Å². The molecule has 1 fully saturated rings. The van der Waals surface area contributed by atoms with E-state index in [0.29, 0.717) is 18.6 Å². The van der Waals surface area contributed by atoms with Crippen molar-refractivity contribution in [3.8, 4) is 0 Å². The van der Waals surface area contributed by atoms with Crippen LogP contribution in [0.4, 0.5) is 0 Å². The van der Waals surface area contributed by atoms with E-state index in [0.717, 1.165) is 23.9 Å². The maximum absolute atomic E-state index is 13.4. The molecule has 3 heterocycles. The summed E-state index contributed by atoms with van der Waals surface area (Å²) in [5, 5.41) is 1.25. The number of hydrogen-bond acceptors (Lipinski definition) is 2. The zero-order valence-corrected chi connectivity index (χ0v) is 16.8. The first-order valence-corrected chi connectivity index (χ1v) is 10.6. The number of H-pyrrole nitrogens is 1. The van der Waals surface area contributed by atoms with E-state index in [2.05, 4.69) is 47.4 Å². The highest BCUT2D eigenvalue weighted by Gasteiger charge is 2.36. The molecular formula is C25H27N3O. The van der Waals surface area contributed by atoms with Gasteiger partial charge in [-0.1, -0.05) is 36.4 Å². The van der Waals surface area contributed by atoms with Gasteiger partial charge in [-0.05, 0) is 56.1 Å². The molecule has 2 aliphatic rings. The van der Waals surface area contributed by atoms with Gasteiger partial charge in [-0.2, -0.15) is 0 Å². The molecule has 4 nitrogen and oxygen atoms in total. The largest absolute Gasteiger partial charge is 0.361 e. The lowest BCUT2D eigenvalue weighted by Crippen LogP contribution is -2.41. The van der Waals surface area contributed by atoms with Gasteiger partial charge in [-0.25, -0.2) is 0 Å². The van der Waals surface area contributed by atoms with E-state index in [9.17, 15) is 4.79 Å². The molecule has 0 spiro atoms. The predicted octanol–water partition coefficient (Wildman–Crippen LogP) is 4.60. The normalized spacial score (nSPS) is 21.3. The van der Waals surface area contributed by atoms with E-state index in [1.807, 2.05) is 41.3 Å². The summed E-state index contributed by atoms with van der Waals surface area (Å²) in [4.78, 5) is 21.3. The van der Waals surface area contributed by atoms with Gasteiger partial charge in [0.05, 0.1) is 0 Å². The van der Waals surface area contributed by atoms with Gasteiger partial charge in [0.15, 0.2) is 0 Å². The Morgan fingerprint density at radius 2 is 1.90 bits per heavy atom. The number of carbonyl (C=O) groups excluding carboxylic acids is 1. The summed E-state index contributed by atoms with van der Waals surface area (Å²) < 4.78 is 0. The molecule has 0 radical (unpaired) electrons. The molecule has 2 aromatic carbocycles. The second-order valence-corrected chi connectivity index (χ2v) is 8.26. The minimum Gasteiger partial charge on any atom is -0.361 e. The third kappa shape index (κ3) is 3.38. The quantitative estimate of drug-likeness (QED) is 0.697. The fourth-order valence-corrected chi connectivity index (χ4v) is 4.90. The molecule has 5 rings (SSSR count). The molecule has 0 aliphatic carbocycles. The van der Waals surface area contributed by atoms with Crippen LogP contribution in [0.2, 0.25) is 0 Å². The molecule has 1 N–H and O–H groups in total. The standard InChI is InChI=1S/C25H27N3O/c1-27-20-11-12-21(27)16-22(15-20)28(25(29)18-7-3-2-4-8-18)14-13-19-17-26-24-10-6-5-9-23(19)24/h2-10,15,17,20-21,26H,11-14,16H2,1H3/t20-,21-/m1/s1. The van der Waals surface area contributed by atoms with Crippen LogP contribution >= 0.6 is 0 Å². The summed E-state index contributed by atoms with van der Waals surface area (Å²) in [6, 6.07) is 19.1. The summed E-state index contributed by atoms with van der Waals surface area (Å²) in [5.74, 6) is 0.112. The Balaban J connectivity index is 1.44. The number of fused-ring (bicyclic) bond motifs is 3. The Hall–Kier alpha value is -2.85.